The monoisotopic (exact) mass is 125 g/mol. The van der Waals surface area contributed by atoms with Crippen molar-refractivity contribution < 1.29 is 4.74 Å². The molecule has 1 nitrogen and oxygen atoms in total. The van der Waals surface area contributed by atoms with Gasteiger partial charge in [0.25, 0.3) is 0 Å². The fourth-order valence-corrected chi connectivity index (χ4v) is 0.907. The van der Waals surface area contributed by atoms with Crippen molar-refractivity contribution in [2.24, 2.45) is 0 Å². The molecule has 0 fully saturated rings. The van der Waals surface area contributed by atoms with Crippen molar-refractivity contribution in [3.05, 3.63) is 18.4 Å². The molecule has 0 aromatic carbocycles. The van der Waals surface area contributed by atoms with Gasteiger partial charge >= 0.3 is 0 Å². The summed E-state index contributed by atoms with van der Waals surface area (Å²) in [5.41, 5.74) is 0. The van der Waals surface area contributed by atoms with Crippen molar-refractivity contribution in [2.75, 3.05) is 0 Å². The van der Waals surface area contributed by atoms with E-state index in [0.717, 1.165) is 12.8 Å². The van der Waals surface area contributed by atoms with Crippen LogP contribution in [0.4, 0.5) is 0 Å². The summed E-state index contributed by atoms with van der Waals surface area (Å²) in [6.07, 6.45) is 9.78. The lowest BCUT2D eigenvalue weighted by Gasteiger charge is -2.05. The van der Waals surface area contributed by atoms with Crippen LogP contribution in [-0.4, -0.2) is 0 Å². The Bertz CT molecular complexity index is 88.7. The average molecular weight is 125 g/mol. The molecule has 51 valence electrons. The van der Waals surface area contributed by atoms with E-state index >= 15 is 0 Å². The van der Waals surface area contributed by atoms with Gasteiger partial charge in [0.05, 0.1) is 6.26 Å². The Morgan fingerprint density at radius 1 is 1.67 bits per heavy atom. The van der Waals surface area contributed by atoms with E-state index in [-0.39, 0.29) is 0 Å². The van der Waals surface area contributed by atoms with Gasteiger partial charge in [0.2, 0.25) is 0 Å². The molecule has 9 heavy (non-hydrogen) atoms. The van der Waals surface area contributed by atoms with E-state index in [4.69, 9.17) is 4.74 Å². The van der Waals surface area contributed by atoms with Gasteiger partial charge in [0.1, 0.15) is 0 Å². The van der Waals surface area contributed by atoms with Gasteiger partial charge in [-0.25, -0.2) is 0 Å². The second-order valence-corrected chi connectivity index (χ2v) is 2.34. The summed E-state index contributed by atoms with van der Waals surface area (Å²) >= 11 is 0. The summed E-state index contributed by atoms with van der Waals surface area (Å²) in [6.45, 7) is 2.20. The molecule has 0 atom stereocenters. The molecule has 0 amide bonds. The molecular weight excluding hydrogens is 112 g/mol. The first-order valence-electron chi connectivity index (χ1n) is 3.60. The summed E-state index contributed by atoms with van der Waals surface area (Å²) in [7, 11) is 0. The van der Waals surface area contributed by atoms with Crippen LogP contribution in [0.1, 0.15) is 32.6 Å². The molecule has 0 saturated carbocycles. The number of hydrogen-bond acceptors (Lipinski definition) is 1. The molecule has 0 saturated heterocycles. The quantitative estimate of drug-likeness (QED) is 0.563. The van der Waals surface area contributed by atoms with Crippen molar-refractivity contribution in [1.29, 1.82) is 0 Å². The zero-order chi connectivity index (χ0) is 6.53. The van der Waals surface area contributed by atoms with E-state index in [1.54, 1.807) is 6.26 Å². The summed E-state index contributed by atoms with van der Waals surface area (Å²) in [6, 6.07) is 0. The lowest BCUT2D eigenvalue weighted by atomic mass is 10.1. The van der Waals surface area contributed by atoms with Crippen LogP contribution in [0.2, 0.25) is 0 Å². The molecule has 1 aliphatic rings. The zero-order valence-electron chi connectivity index (χ0n) is 5.89. The van der Waals surface area contributed by atoms with Gasteiger partial charge in [-0.15, -0.1) is 0 Å². The Balaban J connectivity index is 2.01. The molecule has 1 rings (SSSR count). The minimum Gasteiger partial charge on any atom is -0.491 e. The first-order valence-corrected chi connectivity index (χ1v) is 3.60. The van der Waals surface area contributed by atoms with Gasteiger partial charge in [-0.1, -0.05) is 13.3 Å². The van der Waals surface area contributed by atoms with Crippen molar-refractivity contribution in [1.82, 2.24) is 0 Å². The Morgan fingerprint density at radius 3 is 3.11 bits per heavy atom. The summed E-state index contributed by atoms with van der Waals surface area (Å²) in [5.74, 6) is 0. The first-order chi connectivity index (χ1) is 4.43. The lowest BCUT2D eigenvalue weighted by molar-refractivity contribution is 0.261. The second-order valence-electron chi connectivity index (χ2n) is 2.34. The van der Waals surface area contributed by atoms with E-state index in [1.807, 2.05) is 0 Å². The predicted molar refractivity (Wildman–Crippen MR) is 37.6 cm³/mol. The zero-order valence-corrected chi connectivity index (χ0v) is 5.89. The molecule has 0 bridgehead atoms. The number of hydrogen-bond donors (Lipinski definition) is 0. The topological polar surface area (TPSA) is 9.23 Å². The van der Waals surface area contributed by atoms with Gasteiger partial charge in [-0.2, -0.15) is 0 Å². The highest BCUT2D eigenvalue weighted by Crippen LogP contribution is 2.22. The molecule has 1 radical (unpaired) electrons. The van der Waals surface area contributed by atoms with Crippen LogP contribution in [-0.2, 0) is 4.74 Å². The fourth-order valence-electron chi connectivity index (χ4n) is 0.907. The second kappa shape index (κ2) is 3.54. The molecule has 0 aromatic heterocycles. The van der Waals surface area contributed by atoms with Gasteiger partial charge in [0, 0.05) is 6.42 Å². The van der Waals surface area contributed by atoms with Crippen molar-refractivity contribution in [3.63, 3.8) is 0 Å². The van der Waals surface area contributed by atoms with Crippen LogP contribution in [0.3, 0.4) is 0 Å². The van der Waals surface area contributed by atoms with Crippen LogP contribution in [0.25, 0.3) is 0 Å². The van der Waals surface area contributed by atoms with Crippen LogP contribution in [0, 0.1) is 6.10 Å². The van der Waals surface area contributed by atoms with Crippen molar-refractivity contribution in [3.8, 4) is 0 Å². The highest BCUT2D eigenvalue weighted by atomic mass is 16.5. The number of ether oxygens (including phenoxy) is 1. The number of unbranched alkanes of at least 4 members (excludes halogenated alkanes) is 1. The Hall–Kier alpha value is -0.460. The number of rotatable bonds is 3. The van der Waals surface area contributed by atoms with E-state index in [1.165, 1.54) is 18.9 Å². The van der Waals surface area contributed by atoms with Crippen molar-refractivity contribution in [2.45, 2.75) is 32.6 Å². The van der Waals surface area contributed by atoms with E-state index in [9.17, 15) is 0 Å². The maximum absolute atomic E-state index is 5.19. The van der Waals surface area contributed by atoms with Crippen LogP contribution >= 0.6 is 0 Å². The average Bonchev–Trinajstić information content (AvgIpc) is 2.34. The van der Waals surface area contributed by atoms with Crippen molar-refractivity contribution >= 4 is 0 Å². The van der Waals surface area contributed by atoms with Gasteiger partial charge in [0.15, 0.2) is 6.10 Å². The highest BCUT2D eigenvalue weighted by Gasteiger charge is 2.10. The molecule has 1 aliphatic heterocycles. The smallest absolute Gasteiger partial charge is 0.151 e. The Morgan fingerprint density at radius 2 is 2.56 bits per heavy atom. The maximum atomic E-state index is 5.19. The molecule has 0 aliphatic carbocycles. The Labute approximate surface area is 56.7 Å². The maximum Gasteiger partial charge on any atom is 0.151 e. The molecule has 1 heterocycles. The minimum atomic E-state index is 1.04. The van der Waals surface area contributed by atoms with Crippen LogP contribution in [0.5, 0.6) is 0 Å². The van der Waals surface area contributed by atoms with E-state index in [0.29, 0.717) is 0 Å². The van der Waals surface area contributed by atoms with Gasteiger partial charge < -0.3 is 4.74 Å². The fraction of sp³-hybridized carbons (Fsp3) is 0.625. The molecule has 0 spiro atoms. The molecule has 1 heteroatoms. The summed E-state index contributed by atoms with van der Waals surface area (Å²) in [5, 5.41) is 0. The molecule has 0 aromatic rings. The van der Waals surface area contributed by atoms with E-state index < -0.39 is 0 Å². The SMILES string of the molecule is CCCC[C]1CC=CO1. The molecular formula is C8H13O. The first kappa shape index (κ1) is 6.66. The summed E-state index contributed by atoms with van der Waals surface area (Å²) < 4.78 is 5.19. The third-order valence-electron chi connectivity index (χ3n) is 1.49. The lowest BCUT2D eigenvalue weighted by Crippen LogP contribution is -1.92. The largest absolute Gasteiger partial charge is 0.491 e. The minimum absolute atomic E-state index is 1.04. The predicted octanol–water partition coefficient (Wildman–Crippen LogP) is 2.64. The van der Waals surface area contributed by atoms with E-state index in [2.05, 4.69) is 13.0 Å². The molecule has 0 unspecified atom stereocenters. The normalized spacial score (nSPS) is 18.3. The van der Waals surface area contributed by atoms with Crippen LogP contribution in [0.15, 0.2) is 12.3 Å². The standard InChI is InChI=1S/C8H13O/c1-2-3-5-8-6-4-7-9-8/h4,7H,2-3,5-6H2,1H3. The van der Waals surface area contributed by atoms with Gasteiger partial charge in [-0.05, 0) is 18.9 Å². The Kier molecular flexibility index (Phi) is 2.62. The van der Waals surface area contributed by atoms with Gasteiger partial charge in [-0.3, -0.25) is 0 Å². The summed E-state index contributed by atoms with van der Waals surface area (Å²) in [4.78, 5) is 0. The molecule has 0 N–H and O–H groups in total. The third-order valence-corrected chi connectivity index (χ3v) is 1.49. The third kappa shape index (κ3) is 2.08. The highest BCUT2D eigenvalue weighted by molar-refractivity contribution is 4.97. The van der Waals surface area contributed by atoms with Crippen LogP contribution < -0.4 is 0 Å².